The maximum absolute atomic E-state index is 12.2. The number of hydrogen-bond donors (Lipinski definition) is 1. The van der Waals surface area contributed by atoms with Gasteiger partial charge < -0.3 is 10.1 Å². The van der Waals surface area contributed by atoms with Gasteiger partial charge in [0.2, 0.25) is 0 Å². The van der Waals surface area contributed by atoms with Gasteiger partial charge in [0.15, 0.2) is 10.8 Å². The Balaban J connectivity index is 1.31. The molecule has 0 aliphatic rings. The Morgan fingerprint density at radius 3 is 2.57 bits per heavy atom. The maximum atomic E-state index is 12.2. The Bertz CT molecular complexity index is 1040. The van der Waals surface area contributed by atoms with Crippen LogP contribution in [-0.2, 0) is 17.9 Å². The second-order valence-corrected chi connectivity index (χ2v) is 6.90. The first-order valence-corrected chi connectivity index (χ1v) is 9.66. The topological polar surface area (TPSA) is 69.0 Å². The van der Waals surface area contributed by atoms with Gasteiger partial charge in [-0.1, -0.05) is 48.5 Å². The van der Waals surface area contributed by atoms with Gasteiger partial charge in [-0.25, -0.2) is 14.5 Å². The first kappa shape index (κ1) is 17.9. The Kier molecular flexibility index (Phi) is 5.44. The number of nitrogens with one attached hydrogen (secondary N) is 1. The minimum absolute atomic E-state index is 0.100. The van der Waals surface area contributed by atoms with Crippen molar-refractivity contribution in [3.63, 3.8) is 0 Å². The number of nitrogens with zero attached hydrogens (tertiary/aromatic N) is 3. The number of rotatable bonds is 7. The van der Waals surface area contributed by atoms with E-state index in [0.29, 0.717) is 23.1 Å². The lowest BCUT2D eigenvalue weighted by molar-refractivity contribution is 0.0461. The summed E-state index contributed by atoms with van der Waals surface area (Å²) in [6.45, 7) is 0.753. The highest BCUT2D eigenvalue weighted by atomic mass is 32.1. The molecule has 0 spiro atoms. The summed E-state index contributed by atoms with van der Waals surface area (Å²) in [5, 5.41) is 10.0. The Morgan fingerprint density at radius 1 is 1.04 bits per heavy atom. The number of carbonyl (C=O) groups is 1. The molecule has 28 heavy (non-hydrogen) atoms. The number of benzene rings is 2. The van der Waals surface area contributed by atoms with Crippen LogP contribution in [0.15, 0.2) is 78.3 Å². The number of ether oxygens (including phenoxy) is 1. The standard InChI is InChI=1S/C21H18N4O2S/c26-20(19-15-28-21(23-19)22-13-16-7-3-1-4-8-16)27-14-17-11-12-25(24-17)18-9-5-2-6-10-18/h1-12,15H,13-14H2,(H,22,23). The molecule has 2 aromatic heterocycles. The number of aromatic nitrogens is 3. The third-order valence-electron chi connectivity index (χ3n) is 4.02. The molecule has 4 aromatic rings. The van der Waals surface area contributed by atoms with Crippen LogP contribution in [0.25, 0.3) is 5.69 Å². The highest BCUT2D eigenvalue weighted by Gasteiger charge is 2.13. The second-order valence-electron chi connectivity index (χ2n) is 6.04. The van der Waals surface area contributed by atoms with Crippen molar-refractivity contribution < 1.29 is 9.53 Å². The summed E-state index contributed by atoms with van der Waals surface area (Å²) in [6.07, 6.45) is 1.84. The third kappa shape index (κ3) is 4.44. The van der Waals surface area contributed by atoms with Crippen LogP contribution >= 0.6 is 11.3 Å². The molecule has 0 aliphatic carbocycles. The SMILES string of the molecule is O=C(OCc1ccn(-c2ccccc2)n1)c1csc(NCc2ccccc2)n1. The van der Waals surface area contributed by atoms with E-state index in [0.717, 1.165) is 11.3 Å². The van der Waals surface area contributed by atoms with Gasteiger partial charge in [-0.2, -0.15) is 5.10 Å². The first-order valence-electron chi connectivity index (χ1n) is 8.78. The average molecular weight is 390 g/mol. The van der Waals surface area contributed by atoms with E-state index in [1.807, 2.05) is 72.9 Å². The van der Waals surface area contributed by atoms with Gasteiger partial charge in [0.05, 0.1) is 5.69 Å². The van der Waals surface area contributed by atoms with Crippen molar-refractivity contribution in [1.82, 2.24) is 14.8 Å². The first-order chi connectivity index (χ1) is 13.8. The van der Waals surface area contributed by atoms with E-state index < -0.39 is 5.97 Å². The number of thiazole rings is 1. The van der Waals surface area contributed by atoms with Crippen LogP contribution in [0.4, 0.5) is 5.13 Å². The number of hydrogen-bond acceptors (Lipinski definition) is 6. The zero-order valence-corrected chi connectivity index (χ0v) is 15.8. The molecule has 2 heterocycles. The summed E-state index contributed by atoms with van der Waals surface area (Å²) in [4.78, 5) is 16.5. The molecule has 140 valence electrons. The molecule has 0 radical (unpaired) electrons. The van der Waals surface area contributed by atoms with E-state index in [9.17, 15) is 4.79 Å². The fourth-order valence-corrected chi connectivity index (χ4v) is 3.28. The third-order valence-corrected chi connectivity index (χ3v) is 4.82. The molecule has 0 atom stereocenters. The molecule has 0 unspecified atom stereocenters. The molecule has 1 N–H and O–H groups in total. The van der Waals surface area contributed by atoms with Gasteiger partial charge in [0, 0.05) is 18.1 Å². The van der Waals surface area contributed by atoms with Crippen molar-refractivity contribution in [2.45, 2.75) is 13.2 Å². The van der Waals surface area contributed by atoms with Crippen molar-refractivity contribution in [3.8, 4) is 5.69 Å². The highest BCUT2D eigenvalue weighted by molar-refractivity contribution is 7.13. The van der Waals surface area contributed by atoms with Crippen molar-refractivity contribution in [3.05, 3.63) is 95.3 Å². The lowest BCUT2D eigenvalue weighted by atomic mass is 10.2. The van der Waals surface area contributed by atoms with Gasteiger partial charge in [-0.05, 0) is 23.8 Å². The summed E-state index contributed by atoms with van der Waals surface area (Å²) in [5.74, 6) is -0.460. The number of para-hydroxylation sites is 1. The molecule has 4 rings (SSSR count). The van der Waals surface area contributed by atoms with Crippen LogP contribution < -0.4 is 5.32 Å². The van der Waals surface area contributed by atoms with Gasteiger partial charge in [-0.3, -0.25) is 0 Å². The minimum Gasteiger partial charge on any atom is -0.454 e. The van der Waals surface area contributed by atoms with Gasteiger partial charge >= 0.3 is 5.97 Å². The summed E-state index contributed by atoms with van der Waals surface area (Å²) in [6, 6.07) is 21.6. The molecule has 0 saturated heterocycles. The Morgan fingerprint density at radius 2 is 1.79 bits per heavy atom. The van der Waals surface area contributed by atoms with Gasteiger partial charge in [0.25, 0.3) is 0 Å². The van der Waals surface area contributed by atoms with Crippen molar-refractivity contribution >= 4 is 22.4 Å². The molecule has 0 fully saturated rings. The predicted molar refractivity (Wildman–Crippen MR) is 109 cm³/mol. The largest absolute Gasteiger partial charge is 0.454 e. The number of esters is 1. The van der Waals surface area contributed by atoms with E-state index in [1.165, 1.54) is 11.3 Å². The molecule has 7 heteroatoms. The Hall–Kier alpha value is -3.45. The van der Waals surface area contributed by atoms with Crippen LogP contribution in [0.3, 0.4) is 0 Å². The molecule has 0 amide bonds. The van der Waals surface area contributed by atoms with Crippen LogP contribution in [0.5, 0.6) is 0 Å². The van der Waals surface area contributed by atoms with Crippen molar-refractivity contribution in [2.24, 2.45) is 0 Å². The summed E-state index contributed by atoms with van der Waals surface area (Å²) in [5.41, 5.74) is 3.07. The van der Waals surface area contributed by atoms with E-state index in [2.05, 4.69) is 15.4 Å². The summed E-state index contributed by atoms with van der Waals surface area (Å²) >= 11 is 1.38. The minimum atomic E-state index is -0.460. The molecular weight excluding hydrogens is 372 g/mol. The van der Waals surface area contributed by atoms with Gasteiger partial charge in [-0.15, -0.1) is 11.3 Å². The quantitative estimate of drug-likeness (QED) is 0.477. The van der Waals surface area contributed by atoms with Crippen molar-refractivity contribution in [1.29, 1.82) is 0 Å². The average Bonchev–Trinajstić information content (AvgIpc) is 3.42. The summed E-state index contributed by atoms with van der Waals surface area (Å²) < 4.78 is 7.09. The number of anilines is 1. The summed E-state index contributed by atoms with van der Waals surface area (Å²) in [7, 11) is 0. The molecular formula is C21H18N4O2S. The van der Waals surface area contributed by atoms with E-state index in [4.69, 9.17) is 4.74 Å². The molecule has 2 aromatic carbocycles. The lowest BCUT2D eigenvalue weighted by Crippen LogP contribution is -2.07. The van der Waals surface area contributed by atoms with Crippen LogP contribution in [0, 0.1) is 0 Å². The molecule has 0 saturated carbocycles. The molecule has 0 bridgehead atoms. The van der Waals surface area contributed by atoms with E-state index in [-0.39, 0.29) is 6.61 Å². The smallest absolute Gasteiger partial charge is 0.358 e. The fraction of sp³-hybridized carbons (Fsp3) is 0.0952. The second kappa shape index (κ2) is 8.49. The number of carbonyl (C=O) groups excluding carboxylic acids is 1. The fourth-order valence-electron chi connectivity index (χ4n) is 2.60. The monoisotopic (exact) mass is 390 g/mol. The van der Waals surface area contributed by atoms with E-state index in [1.54, 1.807) is 10.1 Å². The zero-order chi connectivity index (χ0) is 19.2. The van der Waals surface area contributed by atoms with Crippen molar-refractivity contribution in [2.75, 3.05) is 5.32 Å². The van der Waals surface area contributed by atoms with E-state index >= 15 is 0 Å². The lowest BCUT2D eigenvalue weighted by Gasteiger charge is -2.02. The molecule has 0 aliphatic heterocycles. The van der Waals surface area contributed by atoms with Gasteiger partial charge in [0.1, 0.15) is 12.3 Å². The highest BCUT2D eigenvalue weighted by Crippen LogP contribution is 2.17. The van der Waals surface area contributed by atoms with Crippen LogP contribution in [0.2, 0.25) is 0 Å². The molecule has 6 nitrogen and oxygen atoms in total. The van der Waals surface area contributed by atoms with Crippen LogP contribution in [-0.4, -0.2) is 20.7 Å². The maximum Gasteiger partial charge on any atom is 0.358 e. The zero-order valence-electron chi connectivity index (χ0n) is 15.0. The van der Waals surface area contributed by atoms with Crippen LogP contribution in [0.1, 0.15) is 21.7 Å². The Labute approximate surface area is 166 Å². The normalized spacial score (nSPS) is 10.6. The predicted octanol–water partition coefficient (Wildman–Crippen LogP) is 4.30.